The summed E-state index contributed by atoms with van der Waals surface area (Å²) >= 11 is 5.90. The average molecular weight is 428 g/mol. The van der Waals surface area contributed by atoms with Gasteiger partial charge in [0.25, 0.3) is 0 Å². The third-order valence-electron chi connectivity index (χ3n) is 7.08. The van der Waals surface area contributed by atoms with E-state index in [0.29, 0.717) is 22.4 Å². The number of hydrogen-bond donors (Lipinski definition) is 0. The number of carbonyl (C=O) groups excluding carboxylic acids is 4. The molecule has 0 radical (unpaired) electrons. The van der Waals surface area contributed by atoms with Gasteiger partial charge in [-0.15, -0.1) is 0 Å². The third-order valence-corrected chi connectivity index (χ3v) is 7.32. The maximum absolute atomic E-state index is 12.9. The van der Waals surface area contributed by atoms with Crippen LogP contribution in [0.1, 0.15) is 30.1 Å². The molecule has 0 spiro atoms. The van der Waals surface area contributed by atoms with Gasteiger partial charge in [-0.1, -0.05) is 35.9 Å². The van der Waals surface area contributed by atoms with Crippen LogP contribution in [0.5, 0.6) is 0 Å². The summed E-state index contributed by atoms with van der Waals surface area (Å²) in [4.78, 5) is 51.8. The minimum atomic E-state index is -0.976. The Labute approximate surface area is 179 Å². The molecule has 1 aromatic carbocycles. The van der Waals surface area contributed by atoms with Crippen molar-refractivity contribution in [2.75, 3.05) is 6.54 Å². The number of nitrogens with zero attached hydrogens (tertiary/aromatic N) is 1. The molecule has 7 atom stereocenters. The molecule has 2 saturated carbocycles. The van der Waals surface area contributed by atoms with E-state index in [1.54, 1.807) is 18.2 Å². The van der Waals surface area contributed by atoms with Gasteiger partial charge in [-0.2, -0.15) is 0 Å². The number of allylic oxidation sites excluding steroid dienone is 2. The zero-order valence-corrected chi connectivity index (χ0v) is 17.2. The van der Waals surface area contributed by atoms with E-state index in [9.17, 15) is 19.2 Å². The van der Waals surface area contributed by atoms with Crippen LogP contribution in [0.2, 0.25) is 5.02 Å². The van der Waals surface area contributed by atoms with E-state index in [4.69, 9.17) is 16.3 Å². The van der Waals surface area contributed by atoms with Crippen LogP contribution < -0.4 is 0 Å². The smallest absolute Gasteiger partial charge is 0.308 e. The van der Waals surface area contributed by atoms with Crippen molar-refractivity contribution in [1.82, 2.24) is 4.90 Å². The Kier molecular flexibility index (Phi) is 4.58. The Morgan fingerprint density at radius 2 is 1.77 bits per heavy atom. The van der Waals surface area contributed by atoms with Gasteiger partial charge in [0.15, 0.2) is 6.10 Å². The topological polar surface area (TPSA) is 80.8 Å². The average Bonchev–Trinajstić information content (AvgIpc) is 3.51. The van der Waals surface area contributed by atoms with Crippen molar-refractivity contribution in [3.63, 3.8) is 0 Å². The fourth-order valence-corrected chi connectivity index (χ4v) is 5.82. The van der Waals surface area contributed by atoms with Gasteiger partial charge in [0.05, 0.1) is 18.3 Å². The lowest BCUT2D eigenvalue weighted by Gasteiger charge is -2.37. The summed E-state index contributed by atoms with van der Waals surface area (Å²) in [7, 11) is 0. The number of ether oxygens (including phenoxy) is 1. The lowest BCUT2D eigenvalue weighted by Crippen LogP contribution is -2.40. The van der Waals surface area contributed by atoms with Crippen LogP contribution in [0, 0.1) is 35.5 Å². The van der Waals surface area contributed by atoms with Crippen LogP contribution in [-0.4, -0.2) is 41.1 Å². The normalized spacial score (nSPS) is 33.9. The van der Waals surface area contributed by atoms with Crippen molar-refractivity contribution in [3.8, 4) is 0 Å². The van der Waals surface area contributed by atoms with Crippen LogP contribution in [0.25, 0.3) is 0 Å². The van der Waals surface area contributed by atoms with Crippen molar-refractivity contribution in [2.24, 2.45) is 35.5 Å². The highest BCUT2D eigenvalue weighted by Crippen LogP contribution is 2.65. The molecule has 1 heterocycles. The maximum atomic E-state index is 12.9. The summed E-state index contributed by atoms with van der Waals surface area (Å²) in [5.74, 6) is -0.420. The number of carbonyl (C=O) groups is 4. The second-order valence-electron chi connectivity index (χ2n) is 8.74. The highest BCUT2D eigenvalue weighted by atomic mass is 35.5. The quantitative estimate of drug-likeness (QED) is 0.302. The van der Waals surface area contributed by atoms with E-state index in [1.807, 2.05) is 0 Å². The fraction of sp³-hybridized carbons (Fsp3) is 0.478. The summed E-state index contributed by atoms with van der Waals surface area (Å²) in [6.45, 7) is 1.49. The molecular formula is C23H22ClNO5. The molecule has 2 bridgehead atoms. The first-order valence-electron chi connectivity index (χ1n) is 10.4. The molecule has 1 aliphatic heterocycles. The number of ketones is 1. The molecule has 6 nitrogen and oxygen atoms in total. The summed E-state index contributed by atoms with van der Waals surface area (Å²) in [5, 5.41) is 0.424. The van der Waals surface area contributed by atoms with Crippen LogP contribution in [0.4, 0.5) is 0 Å². The number of Topliss-reactive ketones (excluding diaryl/α,β-unsaturated/α-hetero) is 1. The second kappa shape index (κ2) is 7.05. The standard InChI is InChI=1S/C23H22ClNO5/c1-11(21(27)12-3-2-4-13(24)9-12)30-18(26)7-8-25-22(28)19-14-5-6-15(17-10-16(14)17)20(19)23(25)29/h2-6,9,11,14-17,19-20H,7-8,10H2,1H3/t11-,14-,15-,16-,17-,19-,20+/m1/s1. The molecule has 156 valence electrons. The first kappa shape index (κ1) is 19.5. The Balaban J connectivity index is 1.19. The number of halogens is 1. The van der Waals surface area contributed by atoms with Gasteiger partial charge in [0.2, 0.25) is 17.6 Å². The molecule has 1 aromatic rings. The molecule has 5 aliphatic rings. The van der Waals surface area contributed by atoms with Gasteiger partial charge in [-0.3, -0.25) is 24.1 Å². The van der Waals surface area contributed by atoms with Gasteiger partial charge < -0.3 is 4.74 Å². The largest absolute Gasteiger partial charge is 0.454 e. The van der Waals surface area contributed by atoms with Gasteiger partial charge in [-0.05, 0) is 49.1 Å². The number of rotatable bonds is 6. The number of benzene rings is 1. The fourth-order valence-electron chi connectivity index (χ4n) is 5.63. The second-order valence-corrected chi connectivity index (χ2v) is 9.18. The van der Waals surface area contributed by atoms with Crippen molar-refractivity contribution in [1.29, 1.82) is 0 Å². The summed E-state index contributed by atoms with van der Waals surface area (Å²) in [6.07, 6.45) is 4.24. The number of likely N-dealkylation sites (tertiary alicyclic amines) is 1. The Morgan fingerprint density at radius 3 is 2.37 bits per heavy atom. The monoisotopic (exact) mass is 427 g/mol. The highest BCUT2D eigenvalue weighted by molar-refractivity contribution is 6.31. The van der Waals surface area contributed by atoms with Gasteiger partial charge in [0.1, 0.15) is 0 Å². The van der Waals surface area contributed by atoms with Crippen molar-refractivity contribution in [2.45, 2.75) is 25.9 Å². The van der Waals surface area contributed by atoms with Crippen LogP contribution >= 0.6 is 11.6 Å². The third kappa shape index (κ3) is 3.00. The minimum absolute atomic E-state index is 0.00362. The SMILES string of the molecule is C[C@@H](OC(=O)CCN1C(=O)[C@@H]2[C@@H]3C=C[C@H]([C@H]4C[C@H]34)[C@@H]2C1=O)C(=O)c1cccc(Cl)c1. The minimum Gasteiger partial charge on any atom is -0.454 e. The molecule has 6 rings (SSSR count). The highest BCUT2D eigenvalue weighted by Gasteiger charge is 2.66. The molecule has 3 fully saturated rings. The predicted molar refractivity (Wildman–Crippen MR) is 107 cm³/mol. The number of amides is 2. The van der Waals surface area contributed by atoms with E-state index < -0.39 is 12.1 Å². The van der Waals surface area contributed by atoms with E-state index in [0.717, 1.165) is 6.42 Å². The summed E-state index contributed by atoms with van der Waals surface area (Å²) in [6, 6.07) is 6.43. The van der Waals surface area contributed by atoms with Crippen LogP contribution in [0.15, 0.2) is 36.4 Å². The van der Waals surface area contributed by atoms with E-state index in [1.165, 1.54) is 17.9 Å². The van der Waals surface area contributed by atoms with E-state index in [-0.39, 0.29) is 54.2 Å². The number of esters is 1. The Morgan fingerprint density at radius 1 is 1.13 bits per heavy atom. The lowest BCUT2D eigenvalue weighted by molar-refractivity contribution is -0.148. The zero-order chi connectivity index (χ0) is 21.2. The van der Waals surface area contributed by atoms with Gasteiger partial charge >= 0.3 is 5.97 Å². The summed E-state index contributed by atoms with van der Waals surface area (Å²) < 4.78 is 5.24. The van der Waals surface area contributed by atoms with Gasteiger partial charge in [0, 0.05) is 17.1 Å². The first-order valence-corrected chi connectivity index (χ1v) is 10.8. The molecule has 4 aliphatic carbocycles. The molecule has 30 heavy (non-hydrogen) atoms. The Bertz CT molecular complexity index is 952. The molecular weight excluding hydrogens is 406 g/mol. The molecule has 0 aromatic heterocycles. The molecule has 0 unspecified atom stereocenters. The number of imide groups is 1. The summed E-state index contributed by atoms with van der Waals surface area (Å²) in [5.41, 5.74) is 0.360. The number of hydrogen-bond acceptors (Lipinski definition) is 5. The Hall–Kier alpha value is -2.47. The molecule has 7 heteroatoms. The van der Waals surface area contributed by atoms with Gasteiger partial charge in [-0.25, -0.2) is 0 Å². The lowest BCUT2D eigenvalue weighted by atomic mass is 9.63. The van der Waals surface area contributed by atoms with Crippen molar-refractivity contribution >= 4 is 35.2 Å². The maximum Gasteiger partial charge on any atom is 0.308 e. The van der Waals surface area contributed by atoms with E-state index in [2.05, 4.69) is 12.2 Å². The van der Waals surface area contributed by atoms with Crippen LogP contribution in [-0.2, 0) is 19.1 Å². The predicted octanol–water partition coefficient (Wildman–Crippen LogP) is 2.90. The molecule has 0 N–H and O–H groups in total. The van der Waals surface area contributed by atoms with Crippen molar-refractivity contribution in [3.05, 3.63) is 47.0 Å². The van der Waals surface area contributed by atoms with Crippen molar-refractivity contribution < 1.29 is 23.9 Å². The molecule has 2 amide bonds. The molecule has 1 saturated heterocycles. The first-order chi connectivity index (χ1) is 14.4. The zero-order valence-electron chi connectivity index (χ0n) is 16.5. The van der Waals surface area contributed by atoms with Crippen LogP contribution in [0.3, 0.4) is 0 Å². The van der Waals surface area contributed by atoms with E-state index >= 15 is 0 Å².